The van der Waals surface area contributed by atoms with Crippen molar-refractivity contribution >= 4 is 34.3 Å². The number of pyridine rings is 1. The summed E-state index contributed by atoms with van der Waals surface area (Å²) in [7, 11) is 0. The van der Waals surface area contributed by atoms with Crippen molar-refractivity contribution in [1.82, 2.24) is 14.6 Å². The number of hydrogen-bond donors (Lipinski definition) is 2. The van der Waals surface area contributed by atoms with E-state index in [1.807, 2.05) is 12.1 Å². The van der Waals surface area contributed by atoms with E-state index in [4.69, 9.17) is 17.3 Å². The lowest BCUT2D eigenvalue weighted by Gasteiger charge is -2.11. The van der Waals surface area contributed by atoms with Gasteiger partial charge in [-0.05, 0) is 53.6 Å². The van der Waals surface area contributed by atoms with Crippen LogP contribution in [0.1, 0.15) is 5.82 Å². The standard InChI is InChI=1S/C19H13ClF3N5/c20-13-4-7-16(15(24)9-13)25-14-5-1-11(2-6-14)12-3-8-17-26-27-18(19(21,22)23)28(17)10-12/h1-10,25H,24H2. The van der Waals surface area contributed by atoms with Gasteiger partial charge in [-0.15, -0.1) is 10.2 Å². The van der Waals surface area contributed by atoms with Crippen LogP contribution in [0.15, 0.2) is 60.8 Å². The van der Waals surface area contributed by atoms with E-state index in [1.165, 1.54) is 12.3 Å². The maximum Gasteiger partial charge on any atom is 0.452 e. The summed E-state index contributed by atoms with van der Waals surface area (Å²) in [5.41, 5.74) is 9.41. The number of rotatable bonds is 3. The van der Waals surface area contributed by atoms with E-state index in [0.717, 1.165) is 15.7 Å². The summed E-state index contributed by atoms with van der Waals surface area (Å²) in [6.45, 7) is 0. The molecule has 9 heteroatoms. The first kappa shape index (κ1) is 18.1. The number of hydrogen-bond acceptors (Lipinski definition) is 4. The predicted molar refractivity (Wildman–Crippen MR) is 103 cm³/mol. The number of alkyl halides is 3. The summed E-state index contributed by atoms with van der Waals surface area (Å²) < 4.78 is 40.1. The number of nitrogens with two attached hydrogens (primary N) is 1. The van der Waals surface area contributed by atoms with E-state index in [0.29, 0.717) is 22.0 Å². The van der Waals surface area contributed by atoms with Gasteiger partial charge in [-0.25, -0.2) is 0 Å². The van der Waals surface area contributed by atoms with Crippen LogP contribution in [0.5, 0.6) is 0 Å². The van der Waals surface area contributed by atoms with Crippen LogP contribution in [0.3, 0.4) is 0 Å². The smallest absolute Gasteiger partial charge is 0.397 e. The Balaban J connectivity index is 1.63. The molecule has 28 heavy (non-hydrogen) atoms. The van der Waals surface area contributed by atoms with Crippen LogP contribution in [0, 0.1) is 0 Å². The van der Waals surface area contributed by atoms with E-state index >= 15 is 0 Å². The Morgan fingerprint density at radius 1 is 0.929 bits per heavy atom. The van der Waals surface area contributed by atoms with Crippen molar-refractivity contribution in [3.63, 3.8) is 0 Å². The molecule has 0 saturated carbocycles. The van der Waals surface area contributed by atoms with Crippen LogP contribution in [0.4, 0.5) is 30.2 Å². The minimum atomic E-state index is -4.58. The summed E-state index contributed by atoms with van der Waals surface area (Å²) in [6, 6.07) is 15.5. The molecule has 4 rings (SSSR count). The van der Waals surface area contributed by atoms with Gasteiger partial charge in [0, 0.05) is 16.9 Å². The maximum absolute atomic E-state index is 13.1. The van der Waals surface area contributed by atoms with Crippen molar-refractivity contribution in [2.24, 2.45) is 0 Å². The van der Waals surface area contributed by atoms with Gasteiger partial charge in [0.1, 0.15) is 0 Å². The van der Waals surface area contributed by atoms with Crippen LogP contribution in [-0.2, 0) is 6.18 Å². The molecule has 0 aliphatic rings. The lowest BCUT2D eigenvalue weighted by atomic mass is 10.1. The Morgan fingerprint density at radius 2 is 1.64 bits per heavy atom. The molecule has 0 radical (unpaired) electrons. The zero-order valence-corrected chi connectivity index (χ0v) is 15.0. The summed E-state index contributed by atoms with van der Waals surface area (Å²) >= 11 is 5.89. The fraction of sp³-hybridized carbons (Fsp3) is 0.0526. The molecule has 0 spiro atoms. The molecule has 2 aromatic carbocycles. The second kappa shape index (κ2) is 6.72. The highest BCUT2D eigenvalue weighted by molar-refractivity contribution is 6.31. The second-order valence-electron chi connectivity index (χ2n) is 6.10. The molecular weight excluding hydrogens is 391 g/mol. The molecule has 0 bridgehead atoms. The van der Waals surface area contributed by atoms with Crippen molar-refractivity contribution in [3.8, 4) is 11.1 Å². The summed E-state index contributed by atoms with van der Waals surface area (Å²) in [6.07, 6.45) is -3.21. The highest BCUT2D eigenvalue weighted by atomic mass is 35.5. The lowest BCUT2D eigenvalue weighted by Crippen LogP contribution is -2.10. The summed E-state index contributed by atoms with van der Waals surface area (Å²) in [5.74, 6) is -1.05. The molecular formula is C19H13ClF3N5. The number of nitrogen functional groups attached to an aromatic ring is 1. The third kappa shape index (κ3) is 3.46. The van der Waals surface area contributed by atoms with Crippen molar-refractivity contribution in [3.05, 3.63) is 71.6 Å². The first-order valence-electron chi connectivity index (χ1n) is 8.16. The molecule has 0 atom stereocenters. The van der Waals surface area contributed by atoms with Gasteiger partial charge in [0.25, 0.3) is 0 Å². The van der Waals surface area contributed by atoms with Gasteiger partial charge in [-0.2, -0.15) is 13.2 Å². The molecule has 5 nitrogen and oxygen atoms in total. The van der Waals surface area contributed by atoms with Gasteiger partial charge in [-0.3, -0.25) is 4.40 Å². The minimum Gasteiger partial charge on any atom is -0.397 e. The van der Waals surface area contributed by atoms with Crippen molar-refractivity contribution in [2.45, 2.75) is 6.18 Å². The zero-order chi connectivity index (χ0) is 19.9. The lowest BCUT2D eigenvalue weighted by molar-refractivity contribution is -0.145. The van der Waals surface area contributed by atoms with E-state index in [-0.39, 0.29) is 5.65 Å². The first-order valence-corrected chi connectivity index (χ1v) is 8.53. The SMILES string of the molecule is Nc1cc(Cl)ccc1Nc1ccc(-c2ccc3nnc(C(F)(F)F)n3c2)cc1. The number of halogens is 4. The van der Waals surface area contributed by atoms with Gasteiger partial charge < -0.3 is 11.1 Å². The molecule has 0 unspecified atom stereocenters. The number of anilines is 3. The molecule has 0 aliphatic carbocycles. The molecule has 2 heterocycles. The number of aromatic nitrogens is 3. The van der Waals surface area contributed by atoms with Crippen LogP contribution in [0.2, 0.25) is 5.02 Å². The Kier molecular flexibility index (Phi) is 4.35. The molecule has 0 aliphatic heterocycles. The molecule has 0 fully saturated rings. The third-order valence-electron chi connectivity index (χ3n) is 4.17. The van der Waals surface area contributed by atoms with E-state index < -0.39 is 12.0 Å². The van der Waals surface area contributed by atoms with Gasteiger partial charge in [0.2, 0.25) is 5.82 Å². The van der Waals surface area contributed by atoms with Crippen LogP contribution < -0.4 is 11.1 Å². The maximum atomic E-state index is 13.1. The first-order chi connectivity index (χ1) is 13.3. The normalized spacial score (nSPS) is 11.7. The quantitative estimate of drug-likeness (QED) is 0.450. The van der Waals surface area contributed by atoms with Gasteiger partial charge in [0.15, 0.2) is 5.65 Å². The average molecular weight is 404 g/mol. The molecule has 3 N–H and O–H groups in total. The monoisotopic (exact) mass is 403 g/mol. The molecule has 0 amide bonds. The Morgan fingerprint density at radius 3 is 2.32 bits per heavy atom. The number of nitrogens with one attached hydrogen (secondary N) is 1. The van der Waals surface area contributed by atoms with Crippen molar-refractivity contribution < 1.29 is 13.2 Å². The third-order valence-corrected chi connectivity index (χ3v) is 4.40. The van der Waals surface area contributed by atoms with Crippen molar-refractivity contribution in [2.75, 3.05) is 11.1 Å². The zero-order valence-electron chi connectivity index (χ0n) is 14.2. The summed E-state index contributed by atoms with van der Waals surface area (Å²) in [4.78, 5) is 0. The van der Waals surface area contributed by atoms with Crippen LogP contribution >= 0.6 is 11.6 Å². The minimum absolute atomic E-state index is 0.132. The molecule has 4 aromatic rings. The number of nitrogens with zero attached hydrogens (tertiary/aromatic N) is 3. The van der Waals surface area contributed by atoms with Gasteiger partial charge in [-0.1, -0.05) is 23.7 Å². The van der Waals surface area contributed by atoms with E-state index in [9.17, 15) is 13.2 Å². The fourth-order valence-corrected chi connectivity index (χ4v) is 2.98. The fourth-order valence-electron chi connectivity index (χ4n) is 2.80. The van der Waals surface area contributed by atoms with Crippen LogP contribution in [-0.4, -0.2) is 14.6 Å². The van der Waals surface area contributed by atoms with Gasteiger partial charge >= 0.3 is 6.18 Å². The van der Waals surface area contributed by atoms with E-state index in [2.05, 4.69) is 15.5 Å². The Bertz CT molecular complexity index is 1150. The highest BCUT2D eigenvalue weighted by Crippen LogP contribution is 2.30. The Hall–Kier alpha value is -3.26. The van der Waals surface area contributed by atoms with Crippen molar-refractivity contribution in [1.29, 1.82) is 0 Å². The second-order valence-corrected chi connectivity index (χ2v) is 6.54. The topological polar surface area (TPSA) is 68.2 Å². The molecule has 0 saturated heterocycles. The number of fused-ring (bicyclic) bond motifs is 1. The van der Waals surface area contributed by atoms with Crippen LogP contribution in [0.25, 0.3) is 16.8 Å². The van der Waals surface area contributed by atoms with Gasteiger partial charge in [0.05, 0.1) is 11.4 Å². The highest BCUT2D eigenvalue weighted by Gasteiger charge is 2.36. The van der Waals surface area contributed by atoms with E-state index in [1.54, 1.807) is 36.4 Å². The number of benzene rings is 2. The largest absolute Gasteiger partial charge is 0.452 e. The average Bonchev–Trinajstić information content (AvgIpc) is 3.08. The molecule has 142 valence electrons. The summed E-state index contributed by atoms with van der Waals surface area (Å²) in [5, 5.41) is 10.5. The molecule has 2 aromatic heterocycles. The predicted octanol–water partition coefficient (Wildman–Crippen LogP) is 5.39. The Labute approximate surface area is 162 Å².